The summed E-state index contributed by atoms with van der Waals surface area (Å²) >= 11 is 0. The third kappa shape index (κ3) is 5.53. The van der Waals surface area contributed by atoms with Crippen LogP contribution >= 0.6 is 7.80 Å². The monoisotopic (exact) mass is 453 g/mol. The van der Waals surface area contributed by atoms with Gasteiger partial charge in [0.2, 0.25) is 10.6 Å². The van der Waals surface area contributed by atoms with Crippen molar-refractivity contribution < 1.29 is 4.57 Å². The second-order valence-electron chi connectivity index (χ2n) is 11.3. The van der Waals surface area contributed by atoms with E-state index >= 15 is 0 Å². The van der Waals surface area contributed by atoms with Crippen LogP contribution in [0.2, 0.25) is 0 Å². The van der Waals surface area contributed by atoms with Gasteiger partial charge < -0.3 is 0 Å². The molecular weight excluding hydrogens is 407 g/mol. The largest absolute Gasteiger partial charge is 0.416 e. The summed E-state index contributed by atoms with van der Waals surface area (Å²) in [6.45, 7) is 26.9. The predicted molar refractivity (Wildman–Crippen MR) is 144 cm³/mol. The molecule has 0 spiro atoms. The van der Waals surface area contributed by atoms with Crippen LogP contribution in [0.5, 0.6) is 0 Å². The van der Waals surface area contributed by atoms with E-state index in [1.807, 2.05) is 0 Å². The summed E-state index contributed by atoms with van der Waals surface area (Å²) in [4.78, 5) is 0. The fourth-order valence-electron chi connectivity index (χ4n) is 4.42. The molecule has 1 nitrogen and oxygen atoms in total. The SMILES string of the molecule is CC(C)c1cc(C(C)C)c([P+](=O)c2c(C(C)C)cc(C(C)C)cc2C(C)C)c(C(C)C)c1. The smallest absolute Gasteiger partial charge is 0.0612 e. The molecule has 0 atom stereocenters. The molecule has 32 heavy (non-hydrogen) atoms. The van der Waals surface area contributed by atoms with Gasteiger partial charge in [-0.1, -0.05) is 112 Å². The fourth-order valence-corrected chi connectivity index (χ4v) is 6.87. The third-order valence-electron chi connectivity index (χ3n) is 6.61. The Morgan fingerprint density at radius 2 is 0.656 bits per heavy atom. The van der Waals surface area contributed by atoms with Crippen LogP contribution in [0.3, 0.4) is 0 Å². The standard InChI is InChI=1S/C30H46OP/c1-17(2)23-13-25(19(5)6)29(26(14-23)20(7)8)32(31)30-27(21(9)10)15-24(18(3)4)16-28(30)22(11)12/h13-22H,1-12H3/q+1. The van der Waals surface area contributed by atoms with Gasteiger partial charge in [0.25, 0.3) is 0 Å². The molecule has 0 amide bonds. The van der Waals surface area contributed by atoms with E-state index in [4.69, 9.17) is 0 Å². The van der Waals surface area contributed by atoms with Crippen LogP contribution < -0.4 is 10.6 Å². The zero-order valence-electron chi connectivity index (χ0n) is 22.6. The van der Waals surface area contributed by atoms with Crippen LogP contribution in [0.4, 0.5) is 0 Å². The molecule has 0 aromatic heterocycles. The fraction of sp³-hybridized carbons (Fsp3) is 0.600. The zero-order valence-corrected chi connectivity index (χ0v) is 23.5. The van der Waals surface area contributed by atoms with Crippen molar-refractivity contribution in [3.8, 4) is 0 Å². The summed E-state index contributed by atoms with van der Waals surface area (Å²) in [5.74, 6) is 2.25. The molecule has 2 heteroatoms. The Labute approximate surface area is 199 Å². The number of rotatable bonds is 8. The lowest BCUT2D eigenvalue weighted by Crippen LogP contribution is -2.25. The van der Waals surface area contributed by atoms with Gasteiger partial charge >= 0.3 is 7.80 Å². The quantitative estimate of drug-likeness (QED) is 0.364. The van der Waals surface area contributed by atoms with Gasteiger partial charge in [0.15, 0.2) is 0 Å². The van der Waals surface area contributed by atoms with Crippen molar-refractivity contribution in [3.63, 3.8) is 0 Å². The van der Waals surface area contributed by atoms with Crippen molar-refractivity contribution >= 4 is 18.4 Å². The van der Waals surface area contributed by atoms with E-state index < -0.39 is 7.80 Å². The van der Waals surface area contributed by atoms with Crippen molar-refractivity contribution in [2.75, 3.05) is 0 Å². The van der Waals surface area contributed by atoms with Gasteiger partial charge in [0, 0.05) is 22.3 Å². The molecule has 0 saturated carbocycles. The second-order valence-corrected chi connectivity index (χ2v) is 12.8. The Bertz CT molecular complexity index is 825. The first-order valence-corrected chi connectivity index (χ1v) is 13.9. The lowest BCUT2D eigenvalue weighted by Gasteiger charge is -2.20. The van der Waals surface area contributed by atoms with Crippen LogP contribution in [0.15, 0.2) is 24.3 Å². The van der Waals surface area contributed by atoms with Crippen LogP contribution in [-0.2, 0) is 4.57 Å². The number of benzene rings is 2. The summed E-state index contributed by atoms with van der Waals surface area (Å²) in [7, 11) is -1.70. The maximum atomic E-state index is 14.7. The van der Waals surface area contributed by atoms with Gasteiger partial charge in [-0.15, -0.1) is 0 Å². The van der Waals surface area contributed by atoms with Gasteiger partial charge in [-0.2, -0.15) is 0 Å². The highest BCUT2D eigenvalue weighted by Gasteiger charge is 2.38. The lowest BCUT2D eigenvalue weighted by atomic mass is 9.89. The molecule has 0 heterocycles. The maximum absolute atomic E-state index is 14.7. The first kappa shape index (κ1) is 26.8. The van der Waals surface area contributed by atoms with E-state index in [0.29, 0.717) is 35.5 Å². The molecule has 0 radical (unpaired) electrons. The highest BCUT2D eigenvalue weighted by atomic mass is 31.1. The molecule has 0 saturated heterocycles. The van der Waals surface area contributed by atoms with Gasteiger partial charge in [-0.25, -0.2) is 0 Å². The zero-order chi connectivity index (χ0) is 24.5. The molecule has 0 aliphatic carbocycles. The Kier molecular flexibility index (Phi) is 8.91. The van der Waals surface area contributed by atoms with Crippen LogP contribution in [0, 0.1) is 0 Å². The highest BCUT2D eigenvalue weighted by Crippen LogP contribution is 2.38. The molecule has 2 rings (SSSR count). The lowest BCUT2D eigenvalue weighted by molar-refractivity contribution is 0.596. The van der Waals surface area contributed by atoms with E-state index in [1.54, 1.807) is 0 Å². The van der Waals surface area contributed by atoms with Crippen molar-refractivity contribution in [2.24, 2.45) is 0 Å². The summed E-state index contributed by atoms with van der Waals surface area (Å²) in [5.41, 5.74) is 7.76. The van der Waals surface area contributed by atoms with Crippen LogP contribution in [0.1, 0.15) is 152 Å². The molecule has 0 aliphatic rings. The molecular formula is C30H46OP+. The minimum absolute atomic E-state index is 0.333. The maximum Gasteiger partial charge on any atom is 0.416 e. The Morgan fingerprint density at radius 3 is 0.812 bits per heavy atom. The van der Waals surface area contributed by atoms with E-state index in [-0.39, 0.29) is 0 Å². The second kappa shape index (κ2) is 10.6. The first-order valence-electron chi connectivity index (χ1n) is 12.6. The summed E-state index contributed by atoms with van der Waals surface area (Å²) < 4.78 is 14.7. The summed E-state index contributed by atoms with van der Waals surface area (Å²) in [6, 6.07) is 9.32. The molecule has 176 valence electrons. The average Bonchev–Trinajstić information content (AvgIpc) is 2.70. The van der Waals surface area contributed by atoms with E-state index in [9.17, 15) is 4.57 Å². The summed E-state index contributed by atoms with van der Waals surface area (Å²) in [6.07, 6.45) is 0. The molecule has 0 N–H and O–H groups in total. The molecule has 0 aliphatic heterocycles. The topological polar surface area (TPSA) is 17.1 Å². The van der Waals surface area contributed by atoms with E-state index in [2.05, 4.69) is 107 Å². The first-order chi connectivity index (χ1) is 14.8. The molecule has 0 fully saturated rings. The minimum Gasteiger partial charge on any atom is -0.0612 e. The van der Waals surface area contributed by atoms with Gasteiger partial charge in [0.05, 0.1) is 0 Å². The van der Waals surface area contributed by atoms with Gasteiger partial charge in [-0.05, 0) is 46.6 Å². The third-order valence-corrected chi connectivity index (χ3v) is 8.46. The number of hydrogen-bond acceptors (Lipinski definition) is 1. The van der Waals surface area contributed by atoms with Crippen molar-refractivity contribution in [3.05, 3.63) is 57.6 Å². The van der Waals surface area contributed by atoms with Crippen molar-refractivity contribution in [1.82, 2.24) is 0 Å². The normalized spacial score (nSPS) is 12.3. The predicted octanol–water partition coefficient (Wildman–Crippen LogP) is 9.21. The van der Waals surface area contributed by atoms with E-state index in [0.717, 1.165) is 10.6 Å². The molecule has 0 bridgehead atoms. The van der Waals surface area contributed by atoms with E-state index in [1.165, 1.54) is 33.4 Å². The molecule has 0 unspecified atom stereocenters. The van der Waals surface area contributed by atoms with Crippen LogP contribution in [-0.4, -0.2) is 0 Å². The Balaban J connectivity index is 2.96. The average molecular weight is 454 g/mol. The summed E-state index contributed by atoms with van der Waals surface area (Å²) in [5, 5.41) is 2.19. The van der Waals surface area contributed by atoms with Crippen molar-refractivity contribution in [2.45, 2.75) is 119 Å². The molecule has 2 aromatic carbocycles. The number of hydrogen-bond donors (Lipinski definition) is 0. The van der Waals surface area contributed by atoms with Gasteiger partial charge in [0.1, 0.15) is 0 Å². The Morgan fingerprint density at radius 1 is 0.438 bits per heavy atom. The molecule has 2 aromatic rings. The highest BCUT2D eigenvalue weighted by molar-refractivity contribution is 7.62. The van der Waals surface area contributed by atoms with Crippen LogP contribution in [0.25, 0.3) is 0 Å². The van der Waals surface area contributed by atoms with Crippen molar-refractivity contribution in [1.29, 1.82) is 0 Å². The Hall–Kier alpha value is -1.46. The van der Waals surface area contributed by atoms with Gasteiger partial charge in [-0.3, -0.25) is 0 Å². The minimum atomic E-state index is -1.70.